The summed E-state index contributed by atoms with van der Waals surface area (Å²) in [4.78, 5) is 20.0. The fourth-order valence-electron chi connectivity index (χ4n) is 4.80. The highest BCUT2D eigenvalue weighted by molar-refractivity contribution is 5.83. The van der Waals surface area contributed by atoms with Crippen molar-refractivity contribution in [2.24, 2.45) is 5.92 Å². The maximum absolute atomic E-state index is 13.6. The molecule has 1 saturated carbocycles. The maximum atomic E-state index is 13.6. The second-order valence-corrected chi connectivity index (χ2v) is 9.81. The fourth-order valence-corrected chi connectivity index (χ4v) is 4.80. The first-order valence-electron chi connectivity index (χ1n) is 12.1. The van der Waals surface area contributed by atoms with Crippen LogP contribution in [0.25, 0.3) is 0 Å². The summed E-state index contributed by atoms with van der Waals surface area (Å²) in [6, 6.07) is 13.6. The lowest BCUT2D eigenvalue weighted by Crippen LogP contribution is -2.51. The molecule has 7 heteroatoms. The van der Waals surface area contributed by atoms with Gasteiger partial charge in [0.1, 0.15) is 6.04 Å². The molecule has 1 amide bonds. The first-order valence-corrected chi connectivity index (χ1v) is 12.1. The summed E-state index contributed by atoms with van der Waals surface area (Å²) >= 11 is 0. The van der Waals surface area contributed by atoms with E-state index in [1.807, 2.05) is 30.3 Å². The van der Waals surface area contributed by atoms with Crippen molar-refractivity contribution in [1.29, 1.82) is 0 Å². The highest BCUT2D eigenvalue weighted by atomic mass is 19.4. The van der Waals surface area contributed by atoms with E-state index in [2.05, 4.69) is 9.80 Å². The minimum Gasteiger partial charge on any atom is -0.344 e. The van der Waals surface area contributed by atoms with E-state index in [0.717, 1.165) is 50.3 Å². The molecule has 0 N–H and O–H groups in total. The van der Waals surface area contributed by atoms with E-state index in [4.69, 9.17) is 0 Å². The van der Waals surface area contributed by atoms with Crippen molar-refractivity contribution in [2.75, 3.05) is 46.3 Å². The van der Waals surface area contributed by atoms with Crippen molar-refractivity contribution >= 4 is 5.91 Å². The number of likely N-dealkylation sites (N-methyl/N-ethyl adjacent to an activating group) is 1. The van der Waals surface area contributed by atoms with Crippen LogP contribution in [0, 0.1) is 12.8 Å². The van der Waals surface area contributed by atoms with Crippen LogP contribution in [0.1, 0.15) is 41.1 Å². The summed E-state index contributed by atoms with van der Waals surface area (Å²) in [7, 11) is 1.75. The molecular formula is C27H34F3N3O. The summed E-state index contributed by atoms with van der Waals surface area (Å²) in [6.45, 7) is 6.78. The predicted molar refractivity (Wildman–Crippen MR) is 127 cm³/mol. The Kier molecular flexibility index (Phi) is 7.63. The zero-order valence-corrected chi connectivity index (χ0v) is 20.0. The van der Waals surface area contributed by atoms with Gasteiger partial charge >= 0.3 is 6.18 Å². The van der Waals surface area contributed by atoms with Crippen molar-refractivity contribution in [3.05, 3.63) is 70.8 Å². The minimum absolute atomic E-state index is 0.00876. The van der Waals surface area contributed by atoms with Gasteiger partial charge in [0, 0.05) is 46.3 Å². The van der Waals surface area contributed by atoms with E-state index in [0.29, 0.717) is 24.1 Å². The SMILES string of the molecule is Cc1cc(CCN(C)C(=O)[C@H](c2ccccc2)N2CCN(CC3CC3)CC2)cc(C(F)(F)F)c1. The molecule has 2 aromatic rings. The quantitative estimate of drug-likeness (QED) is 0.552. The van der Waals surface area contributed by atoms with Crippen LogP contribution in [0.4, 0.5) is 13.2 Å². The van der Waals surface area contributed by atoms with E-state index in [1.54, 1.807) is 24.9 Å². The molecule has 0 bridgehead atoms. The number of piperazine rings is 1. The van der Waals surface area contributed by atoms with Gasteiger partial charge in [-0.15, -0.1) is 0 Å². The maximum Gasteiger partial charge on any atom is 0.416 e. The van der Waals surface area contributed by atoms with Gasteiger partial charge in [0.05, 0.1) is 5.56 Å². The standard InChI is InChI=1S/C27H34F3N3O/c1-20-16-22(18-24(17-20)27(28,29)30)10-11-31(2)26(34)25(23-6-4-3-5-7-23)33-14-12-32(13-15-33)19-21-8-9-21/h3-7,16-18,21,25H,8-15,19H2,1-2H3/t25-/m0/s1. The summed E-state index contributed by atoms with van der Waals surface area (Å²) in [5.74, 6) is 0.842. The molecule has 1 aliphatic heterocycles. The second-order valence-electron chi connectivity index (χ2n) is 9.81. The number of amides is 1. The van der Waals surface area contributed by atoms with Crippen molar-refractivity contribution < 1.29 is 18.0 Å². The van der Waals surface area contributed by atoms with Crippen LogP contribution in [-0.2, 0) is 17.4 Å². The molecular weight excluding hydrogens is 439 g/mol. The van der Waals surface area contributed by atoms with Crippen molar-refractivity contribution in [3.63, 3.8) is 0 Å². The zero-order valence-electron chi connectivity index (χ0n) is 20.0. The average Bonchev–Trinajstić information content (AvgIpc) is 3.62. The third-order valence-electron chi connectivity index (χ3n) is 6.91. The van der Waals surface area contributed by atoms with Crippen molar-refractivity contribution in [2.45, 2.75) is 38.4 Å². The summed E-state index contributed by atoms with van der Waals surface area (Å²) in [5.41, 5.74) is 1.49. The monoisotopic (exact) mass is 473 g/mol. The molecule has 2 fully saturated rings. The number of alkyl halides is 3. The lowest BCUT2D eigenvalue weighted by atomic mass is 10.0. The van der Waals surface area contributed by atoms with Gasteiger partial charge in [0.15, 0.2) is 0 Å². The summed E-state index contributed by atoms with van der Waals surface area (Å²) in [6.07, 6.45) is -1.32. The van der Waals surface area contributed by atoms with Crippen molar-refractivity contribution in [3.8, 4) is 0 Å². The molecule has 2 aliphatic rings. The highest BCUT2D eigenvalue weighted by Gasteiger charge is 2.34. The van der Waals surface area contributed by atoms with Gasteiger partial charge in [-0.2, -0.15) is 13.2 Å². The van der Waals surface area contributed by atoms with E-state index in [-0.39, 0.29) is 11.9 Å². The number of nitrogens with zero attached hydrogens (tertiary/aromatic N) is 3. The first kappa shape index (κ1) is 24.7. The molecule has 1 heterocycles. The largest absolute Gasteiger partial charge is 0.416 e. The lowest BCUT2D eigenvalue weighted by molar-refractivity contribution is -0.138. The van der Waals surface area contributed by atoms with Gasteiger partial charge in [-0.3, -0.25) is 9.69 Å². The van der Waals surface area contributed by atoms with Crippen LogP contribution >= 0.6 is 0 Å². The Hall–Kier alpha value is -2.38. The van der Waals surface area contributed by atoms with Crippen molar-refractivity contribution in [1.82, 2.24) is 14.7 Å². The van der Waals surface area contributed by atoms with Gasteiger partial charge in [-0.25, -0.2) is 0 Å². The smallest absolute Gasteiger partial charge is 0.344 e. The van der Waals surface area contributed by atoms with Crippen LogP contribution in [0.5, 0.6) is 0 Å². The van der Waals surface area contributed by atoms with E-state index >= 15 is 0 Å². The molecule has 1 atom stereocenters. The molecule has 4 rings (SSSR count). The molecule has 2 aromatic carbocycles. The Balaban J connectivity index is 1.43. The first-order chi connectivity index (χ1) is 16.2. The molecule has 0 aromatic heterocycles. The Morgan fingerprint density at radius 3 is 2.35 bits per heavy atom. The zero-order chi connectivity index (χ0) is 24.3. The van der Waals surface area contributed by atoms with E-state index in [9.17, 15) is 18.0 Å². The molecule has 4 nitrogen and oxygen atoms in total. The normalized spacial score (nSPS) is 18.6. The Morgan fingerprint density at radius 2 is 1.74 bits per heavy atom. The topological polar surface area (TPSA) is 26.8 Å². The van der Waals surface area contributed by atoms with Crippen LogP contribution in [0.15, 0.2) is 48.5 Å². The molecule has 0 unspecified atom stereocenters. The number of aryl methyl sites for hydroxylation is 1. The number of hydrogen-bond acceptors (Lipinski definition) is 3. The van der Waals surface area contributed by atoms with Gasteiger partial charge in [0.2, 0.25) is 5.91 Å². The average molecular weight is 474 g/mol. The highest BCUT2D eigenvalue weighted by Crippen LogP contribution is 2.32. The number of benzene rings is 2. The Labute approximate surface area is 200 Å². The predicted octanol–water partition coefficient (Wildman–Crippen LogP) is 4.78. The molecule has 0 radical (unpaired) electrons. The molecule has 1 aliphatic carbocycles. The van der Waals surface area contributed by atoms with Crippen LogP contribution in [0.2, 0.25) is 0 Å². The number of carbonyl (C=O) groups excluding carboxylic acids is 1. The number of carbonyl (C=O) groups is 1. The van der Waals surface area contributed by atoms with E-state index < -0.39 is 11.7 Å². The Morgan fingerprint density at radius 1 is 1.06 bits per heavy atom. The molecule has 0 spiro atoms. The van der Waals surface area contributed by atoms with Crippen LogP contribution in [-0.4, -0.2) is 66.9 Å². The van der Waals surface area contributed by atoms with Crippen LogP contribution in [0.3, 0.4) is 0 Å². The van der Waals surface area contributed by atoms with Gasteiger partial charge in [-0.05, 0) is 55.4 Å². The molecule has 184 valence electrons. The lowest BCUT2D eigenvalue weighted by Gasteiger charge is -2.40. The second kappa shape index (κ2) is 10.5. The summed E-state index contributed by atoms with van der Waals surface area (Å²) in [5, 5.41) is 0. The minimum atomic E-state index is -4.37. The van der Waals surface area contributed by atoms with Gasteiger partial charge in [-0.1, -0.05) is 42.0 Å². The van der Waals surface area contributed by atoms with E-state index in [1.165, 1.54) is 18.9 Å². The number of rotatable bonds is 8. The number of halogens is 3. The van der Waals surface area contributed by atoms with Crippen LogP contribution < -0.4 is 0 Å². The number of hydrogen-bond donors (Lipinski definition) is 0. The fraction of sp³-hybridized carbons (Fsp3) is 0.519. The molecule has 1 saturated heterocycles. The van der Waals surface area contributed by atoms with Gasteiger partial charge in [0.25, 0.3) is 0 Å². The summed E-state index contributed by atoms with van der Waals surface area (Å²) < 4.78 is 39.6. The molecule has 34 heavy (non-hydrogen) atoms. The Bertz CT molecular complexity index is 967. The third-order valence-corrected chi connectivity index (χ3v) is 6.91. The van der Waals surface area contributed by atoms with Gasteiger partial charge < -0.3 is 9.80 Å². The third kappa shape index (κ3) is 6.39.